The predicted octanol–water partition coefficient (Wildman–Crippen LogP) is 2.03. The van der Waals surface area contributed by atoms with Crippen LogP contribution in [0.4, 0.5) is 11.4 Å². The van der Waals surface area contributed by atoms with Crippen LogP contribution in [-0.4, -0.2) is 44.3 Å². The summed E-state index contributed by atoms with van der Waals surface area (Å²) >= 11 is 5.98. The van der Waals surface area contributed by atoms with Gasteiger partial charge in [0.05, 0.1) is 19.8 Å². The van der Waals surface area contributed by atoms with E-state index in [1.54, 1.807) is 56.4 Å². The van der Waals surface area contributed by atoms with Gasteiger partial charge in [0.1, 0.15) is 5.75 Å². The molecular weight excluding hydrogens is 394 g/mol. The van der Waals surface area contributed by atoms with Crippen molar-refractivity contribution in [2.24, 2.45) is 0 Å². The molecule has 0 aliphatic rings. The normalized spacial score (nSPS) is 12.6. The number of methoxy groups -OCH3 is 1. The van der Waals surface area contributed by atoms with Crippen LogP contribution in [0.25, 0.3) is 0 Å². The Bertz CT molecular complexity index is 917. The standard InChI is InChI=1S/C21H24ClN3O4/c1-13(21(28)23-17-7-5-6-15(10-17)14(2)26)25(3)12-20(27)24-18-11-16(22)8-9-19(18)29-4/h5-11,13H,12H2,1-4H3,(H,23,28)(H,24,27)/p+1/t13-/m1/s1. The number of nitrogens with one attached hydrogen (secondary N) is 3. The van der Waals surface area contributed by atoms with Crippen molar-refractivity contribution in [2.45, 2.75) is 19.9 Å². The first kappa shape index (κ1) is 22.4. The van der Waals surface area contributed by atoms with Gasteiger partial charge in [-0.15, -0.1) is 0 Å². The van der Waals surface area contributed by atoms with E-state index in [2.05, 4.69) is 10.6 Å². The number of ketones is 1. The molecule has 0 saturated carbocycles. The lowest BCUT2D eigenvalue weighted by molar-refractivity contribution is -0.885. The molecule has 0 aliphatic heterocycles. The average Bonchev–Trinajstić information content (AvgIpc) is 2.67. The van der Waals surface area contributed by atoms with Crippen molar-refractivity contribution in [3.8, 4) is 5.75 Å². The summed E-state index contributed by atoms with van der Waals surface area (Å²) in [4.78, 5) is 37.1. The Balaban J connectivity index is 1.97. The third-order valence-corrected chi connectivity index (χ3v) is 4.78. The lowest BCUT2D eigenvalue weighted by atomic mass is 10.1. The number of anilines is 2. The van der Waals surface area contributed by atoms with E-state index < -0.39 is 6.04 Å². The highest BCUT2D eigenvalue weighted by molar-refractivity contribution is 6.31. The number of carbonyl (C=O) groups is 3. The molecule has 2 aromatic carbocycles. The summed E-state index contributed by atoms with van der Waals surface area (Å²) in [5, 5.41) is 6.02. The number of carbonyl (C=O) groups excluding carboxylic acids is 3. The number of likely N-dealkylation sites (N-methyl/N-ethyl adjacent to an activating group) is 1. The summed E-state index contributed by atoms with van der Waals surface area (Å²) in [6, 6.07) is 11.2. The molecule has 1 unspecified atom stereocenters. The molecule has 29 heavy (non-hydrogen) atoms. The number of hydrogen-bond donors (Lipinski definition) is 3. The topological polar surface area (TPSA) is 88.9 Å². The molecule has 0 heterocycles. The minimum absolute atomic E-state index is 0.0672. The van der Waals surface area contributed by atoms with E-state index in [0.29, 0.717) is 32.6 Å². The van der Waals surface area contributed by atoms with Crippen molar-refractivity contribution in [2.75, 3.05) is 31.3 Å². The molecule has 3 N–H and O–H groups in total. The van der Waals surface area contributed by atoms with Crippen molar-refractivity contribution < 1.29 is 24.0 Å². The van der Waals surface area contributed by atoms with Gasteiger partial charge in [0, 0.05) is 16.3 Å². The van der Waals surface area contributed by atoms with Crippen LogP contribution in [0.5, 0.6) is 5.75 Å². The fourth-order valence-corrected chi connectivity index (χ4v) is 2.84. The Labute approximate surface area is 175 Å². The zero-order valence-electron chi connectivity index (χ0n) is 16.8. The van der Waals surface area contributed by atoms with E-state index in [0.717, 1.165) is 0 Å². The summed E-state index contributed by atoms with van der Waals surface area (Å²) < 4.78 is 5.22. The van der Waals surface area contributed by atoms with Crippen LogP contribution < -0.4 is 20.3 Å². The lowest BCUT2D eigenvalue weighted by Crippen LogP contribution is -3.14. The van der Waals surface area contributed by atoms with Gasteiger partial charge in [0.2, 0.25) is 0 Å². The molecule has 0 spiro atoms. The minimum atomic E-state index is -0.497. The van der Waals surface area contributed by atoms with E-state index >= 15 is 0 Å². The molecule has 2 atom stereocenters. The monoisotopic (exact) mass is 418 g/mol. The number of amides is 2. The first-order valence-electron chi connectivity index (χ1n) is 9.08. The maximum atomic E-state index is 12.5. The molecule has 2 amide bonds. The predicted molar refractivity (Wildman–Crippen MR) is 113 cm³/mol. The van der Waals surface area contributed by atoms with Crippen molar-refractivity contribution in [1.29, 1.82) is 0 Å². The summed E-state index contributed by atoms with van der Waals surface area (Å²) in [6.45, 7) is 3.26. The van der Waals surface area contributed by atoms with E-state index in [1.807, 2.05) is 0 Å². The highest BCUT2D eigenvalue weighted by Crippen LogP contribution is 2.27. The molecular formula is C21H25ClN3O4+. The SMILES string of the molecule is COc1ccc(Cl)cc1NC(=O)C[NH+](C)[C@H](C)C(=O)Nc1cccc(C(C)=O)c1. The van der Waals surface area contributed by atoms with Crippen molar-refractivity contribution in [1.82, 2.24) is 0 Å². The molecule has 0 aromatic heterocycles. The number of hydrogen-bond acceptors (Lipinski definition) is 4. The molecule has 0 fully saturated rings. The molecule has 0 saturated heterocycles. The van der Waals surface area contributed by atoms with Crippen LogP contribution in [0.3, 0.4) is 0 Å². The zero-order valence-corrected chi connectivity index (χ0v) is 17.6. The van der Waals surface area contributed by atoms with Crippen LogP contribution in [0, 0.1) is 0 Å². The summed E-state index contributed by atoms with van der Waals surface area (Å²) in [6.07, 6.45) is 0. The van der Waals surface area contributed by atoms with Gasteiger partial charge >= 0.3 is 0 Å². The van der Waals surface area contributed by atoms with E-state index in [9.17, 15) is 14.4 Å². The molecule has 8 heteroatoms. The maximum absolute atomic E-state index is 12.5. The Morgan fingerprint density at radius 3 is 2.52 bits per heavy atom. The summed E-state index contributed by atoms with van der Waals surface area (Å²) in [7, 11) is 3.26. The lowest BCUT2D eigenvalue weighted by Gasteiger charge is -2.21. The Morgan fingerprint density at radius 2 is 1.86 bits per heavy atom. The smallest absolute Gasteiger partial charge is 0.282 e. The maximum Gasteiger partial charge on any atom is 0.282 e. The largest absolute Gasteiger partial charge is 0.495 e. The number of benzene rings is 2. The van der Waals surface area contributed by atoms with E-state index in [4.69, 9.17) is 16.3 Å². The zero-order chi connectivity index (χ0) is 21.6. The molecule has 0 aliphatic carbocycles. The van der Waals surface area contributed by atoms with Crippen molar-refractivity contribution in [3.63, 3.8) is 0 Å². The molecule has 154 valence electrons. The number of ether oxygens (including phenoxy) is 1. The second-order valence-corrected chi connectivity index (χ2v) is 7.20. The molecule has 0 bridgehead atoms. The molecule has 7 nitrogen and oxygen atoms in total. The Kier molecular flexibility index (Phi) is 7.75. The first-order valence-corrected chi connectivity index (χ1v) is 9.46. The second-order valence-electron chi connectivity index (χ2n) is 6.76. The van der Waals surface area contributed by atoms with E-state index in [-0.39, 0.29) is 24.1 Å². The van der Waals surface area contributed by atoms with Crippen LogP contribution in [-0.2, 0) is 9.59 Å². The highest BCUT2D eigenvalue weighted by Gasteiger charge is 2.24. The van der Waals surface area contributed by atoms with Crippen LogP contribution in [0.2, 0.25) is 5.02 Å². The fourth-order valence-electron chi connectivity index (χ4n) is 2.67. The summed E-state index contributed by atoms with van der Waals surface area (Å²) in [5.41, 5.74) is 1.53. The molecule has 2 rings (SSSR count). The summed E-state index contributed by atoms with van der Waals surface area (Å²) in [5.74, 6) is -0.112. The van der Waals surface area contributed by atoms with Crippen molar-refractivity contribution >= 4 is 40.6 Å². The third-order valence-electron chi connectivity index (χ3n) is 4.54. The Morgan fingerprint density at radius 1 is 1.14 bits per heavy atom. The van der Waals surface area contributed by atoms with Gasteiger partial charge in [-0.25, -0.2) is 0 Å². The van der Waals surface area contributed by atoms with Gasteiger partial charge in [0.15, 0.2) is 18.4 Å². The third kappa shape index (κ3) is 6.30. The van der Waals surface area contributed by atoms with Crippen LogP contribution in [0.1, 0.15) is 24.2 Å². The first-order chi connectivity index (χ1) is 13.7. The van der Waals surface area contributed by atoms with Crippen molar-refractivity contribution in [3.05, 3.63) is 53.1 Å². The second kappa shape index (κ2) is 10.0. The van der Waals surface area contributed by atoms with Gasteiger partial charge in [-0.1, -0.05) is 23.7 Å². The van der Waals surface area contributed by atoms with Gasteiger partial charge in [-0.3, -0.25) is 14.4 Å². The highest BCUT2D eigenvalue weighted by atomic mass is 35.5. The van der Waals surface area contributed by atoms with E-state index in [1.165, 1.54) is 14.0 Å². The quantitative estimate of drug-likeness (QED) is 0.572. The fraction of sp³-hybridized carbons (Fsp3) is 0.286. The number of halogens is 1. The molecule has 0 radical (unpaired) electrons. The Hall–Kier alpha value is -2.90. The number of rotatable bonds is 8. The molecule has 2 aromatic rings. The van der Waals surface area contributed by atoms with Gasteiger partial charge in [-0.2, -0.15) is 0 Å². The van der Waals surface area contributed by atoms with Crippen LogP contribution in [0.15, 0.2) is 42.5 Å². The van der Waals surface area contributed by atoms with Gasteiger partial charge < -0.3 is 20.3 Å². The van der Waals surface area contributed by atoms with Gasteiger partial charge in [-0.05, 0) is 44.2 Å². The number of quaternary nitrogens is 1. The number of Topliss-reactive ketones (excluding diaryl/α,β-unsaturated/α-hetero) is 1. The van der Waals surface area contributed by atoms with Crippen LogP contribution >= 0.6 is 11.6 Å². The minimum Gasteiger partial charge on any atom is -0.495 e. The van der Waals surface area contributed by atoms with Gasteiger partial charge in [0.25, 0.3) is 11.8 Å². The average molecular weight is 419 g/mol.